The molecule has 0 saturated carbocycles. The number of aromatic nitrogens is 2. The number of aliphatic hydroxyl groups is 1. The van der Waals surface area contributed by atoms with Gasteiger partial charge in [0.25, 0.3) is 0 Å². The molecule has 0 saturated heterocycles. The van der Waals surface area contributed by atoms with E-state index in [-0.39, 0.29) is 0 Å². The number of benzene rings is 2. The van der Waals surface area contributed by atoms with Crippen molar-refractivity contribution in [3.63, 3.8) is 0 Å². The summed E-state index contributed by atoms with van der Waals surface area (Å²) < 4.78 is 2.05. The highest BCUT2D eigenvalue weighted by molar-refractivity contribution is 5.27. The van der Waals surface area contributed by atoms with E-state index in [1.54, 1.807) is 0 Å². The van der Waals surface area contributed by atoms with Gasteiger partial charge >= 0.3 is 0 Å². The lowest BCUT2D eigenvalue weighted by atomic mass is 10.1. The Hall–Kier alpha value is -2.43. The summed E-state index contributed by atoms with van der Waals surface area (Å²) in [5, 5.41) is 15.2. The molecular weight excluding hydrogens is 322 g/mol. The Morgan fingerprint density at radius 2 is 1.69 bits per heavy atom. The Balaban J connectivity index is 1.36. The van der Waals surface area contributed by atoms with Gasteiger partial charge in [-0.25, -0.2) is 0 Å². The van der Waals surface area contributed by atoms with E-state index in [0.29, 0.717) is 0 Å². The van der Waals surface area contributed by atoms with E-state index in [1.165, 1.54) is 11.3 Å². The number of fused-ring (bicyclic) bond motifs is 1. The molecule has 1 aliphatic heterocycles. The van der Waals surface area contributed by atoms with Gasteiger partial charge in [-0.1, -0.05) is 60.7 Å². The van der Waals surface area contributed by atoms with Crippen molar-refractivity contribution in [1.29, 1.82) is 0 Å². The van der Waals surface area contributed by atoms with E-state index >= 15 is 0 Å². The van der Waals surface area contributed by atoms with Gasteiger partial charge in [-0.15, -0.1) is 0 Å². The maximum Gasteiger partial charge on any atom is 0.123 e. The van der Waals surface area contributed by atoms with Crippen molar-refractivity contribution < 1.29 is 5.11 Å². The fourth-order valence-corrected chi connectivity index (χ4v) is 3.62. The molecule has 2 heterocycles. The number of aryl methyl sites for hydroxylation is 1. The zero-order valence-electron chi connectivity index (χ0n) is 15.0. The third-order valence-electron chi connectivity index (χ3n) is 5.07. The second-order valence-electron chi connectivity index (χ2n) is 6.96. The van der Waals surface area contributed by atoms with E-state index < -0.39 is 6.10 Å². The maximum atomic E-state index is 10.6. The molecule has 0 fully saturated rings. The van der Waals surface area contributed by atoms with Crippen LogP contribution in [0.15, 0.2) is 66.7 Å². The maximum absolute atomic E-state index is 10.6. The molecular formula is C22H25N3O. The van der Waals surface area contributed by atoms with Gasteiger partial charge in [-0.3, -0.25) is 9.58 Å². The Morgan fingerprint density at radius 3 is 2.46 bits per heavy atom. The first kappa shape index (κ1) is 17.0. The average molecular weight is 347 g/mol. The number of aliphatic hydroxyl groups excluding tert-OH is 1. The summed E-state index contributed by atoms with van der Waals surface area (Å²) in [5.74, 6) is 0. The number of hydrogen-bond acceptors (Lipinski definition) is 3. The van der Waals surface area contributed by atoms with Crippen molar-refractivity contribution >= 4 is 0 Å². The first-order valence-electron chi connectivity index (χ1n) is 9.35. The first-order valence-corrected chi connectivity index (χ1v) is 9.35. The van der Waals surface area contributed by atoms with E-state index in [9.17, 15) is 5.11 Å². The molecule has 0 aliphatic carbocycles. The first-order chi connectivity index (χ1) is 12.8. The van der Waals surface area contributed by atoms with Crippen LogP contribution in [0.3, 0.4) is 0 Å². The second-order valence-corrected chi connectivity index (χ2v) is 6.96. The van der Waals surface area contributed by atoms with Gasteiger partial charge in [0.15, 0.2) is 0 Å². The predicted octanol–water partition coefficient (Wildman–Crippen LogP) is 3.41. The van der Waals surface area contributed by atoms with Crippen LogP contribution in [0.4, 0.5) is 0 Å². The van der Waals surface area contributed by atoms with Gasteiger partial charge < -0.3 is 5.11 Å². The Labute approximate surface area is 154 Å². The molecule has 1 aliphatic rings. The van der Waals surface area contributed by atoms with Crippen LogP contribution in [0.1, 0.15) is 35.0 Å². The third kappa shape index (κ3) is 3.87. The van der Waals surface area contributed by atoms with Crippen molar-refractivity contribution in [2.45, 2.75) is 32.0 Å². The topological polar surface area (TPSA) is 41.3 Å². The van der Waals surface area contributed by atoms with Gasteiger partial charge in [-0.05, 0) is 36.6 Å². The summed E-state index contributed by atoms with van der Waals surface area (Å²) in [6.07, 6.45) is 1.63. The van der Waals surface area contributed by atoms with Crippen LogP contribution in [0, 0.1) is 0 Å². The molecule has 0 bridgehead atoms. The molecule has 4 rings (SSSR count). The number of hydrogen-bond donors (Lipinski definition) is 1. The summed E-state index contributed by atoms with van der Waals surface area (Å²) in [4.78, 5) is 2.48. The van der Waals surface area contributed by atoms with Gasteiger partial charge in [-0.2, -0.15) is 5.10 Å². The largest absolute Gasteiger partial charge is 0.382 e. The lowest BCUT2D eigenvalue weighted by molar-refractivity contribution is 0.204. The van der Waals surface area contributed by atoms with Crippen molar-refractivity contribution in [3.05, 3.63) is 89.2 Å². The minimum atomic E-state index is -0.652. The van der Waals surface area contributed by atoms with E-state index in [0.717, 1.165) is 50.3 Å². The van der Waals surface area contributed by atoms with Crippen LogP contribution in [-0.4, -0.2) is 32.9 Å². The zero-order valence-corrected chi connectivity index (χ0v) is 15.0. The smallest absolute Gasteiger partial charge is 0.123 e. The summed E-state index contributed by atoms with van der Waals surface area (Å²) in [6, 6.07) is 22.5. The van der Waals surface area contributed by atoms with Crippen LogP contribution >= 0.6 is 0 Å². The molecule has 0 amide bonds. The molecule has 2 aromatic carbocycles. The Bertz CT molecular complexity index is 829. The predicted molar refractivity (Wildman–Crippen MR) is 103 cm³/mol. The molecule has 3 aromatic rings. The standard InChI is InChI=1S/C22H25N3O/c26-22(19-11-5-2-6-12-19)21-16-20-17-24(14-15-25(20)23-21)13-7-10-18-8-3-1-4-9-18/h1-6,8-9,11-12,16,22,26H,7,10,13-15,17H2/t22-/m1/s1. The van der Waals surface area contributed by atoms with Crippen LogP contribution in [0.2, 0.25) is 0 Å². The van der Waals surface area contributed by atoms with Crippen molar-refractivity contribution in [3.8, 4) is 0 Å². The molecule has 134 valence electrons. The van der Waals surface area contributed by atoms with Crippen molar-refractivity contribution in [2.75, 3.05) is 13.1 Å². The van der Waals surface area contributed by atoms with Crippen LogP contribution in [-0.2, 0) is 19.5 Å². The van der Waals surface area contributed by atoms with Crippen molar-refractivity contribution in [1.82, 2.24) is 14.7 Å². The quantitative estimate of drug-likeness (QED) is 0.743. The van der Waals surface area contributed by atoms with Crippen LogP contribution in [0.5, 0.6) is 0 Å². The van der Waals surface area contributed by atoms with Crippen LogP contribution in [0.25, 0.3) is 0 Å². The highest BCUT2D eigenvalue weighted by Gasteiger charge is 2.21. The van der Waals surface area contributed by atoms with E-state index in [1.807, 2.05) is 30.3 Å². The normalized spacial score (nSPS) is 15.6. The molecule has 0 spiro atoms. The lowest BCUT2D eigenvalue weighted by Gasteiger charge is -2.27. The molecule has 0 unspecified atom stereocenters. The minimum absolute atomic E-state index is 0.652. The number of nitrogens with zero attached hydrogens (tertiary/aromatic N) is 3. The SMILES string of the molecule is O[C@H](c1ccccc1)c1cc2n(n1)CCN(CCCc1ccccc1)C2. The highest BCUT2D eigenvalue weighted by Crippen LogP contribution is 2.23. The van der Waals surface area contributed by atoms with Crippen LogP contribution < -0.4 is 0 Å². The lowest BCUT2D eigenvalue weighted by Crippen LogP contribution is -2.34. The molecule has 4 nitrogen and oxygen atoms in total. The fraction of sp³-hybridized carbons (Fsp3) is 0.318. The molecule has 0 radical (unpaired) electrons. The molecule has 1 aromatic heterocycles. The Kier molecular flexibility index (Phi) is 5.14. The summed E-state index contributed by atoms with van der Waals surface area (Å²) in [6.45, 7) is 3.91. The van der Waals surface area contributed by atoms with Gasteiger partial charge in [0.2, 0.25) is 0 Å². The van der Waals surface area contributed by atoms with E-state index in [2.05, 4.69) is 51.1 Å². The molecule has 1 atom stereocenters. The summed E-state index contributed by atoms with van der Waals surface area (Å²) in [7, 11) is 0. The summed E-state index contributed by atoms with van der Waals surface area (Å²) >= 11 is 0. The summed E-state index contributed by atoms with van der Waals surface area (Å²) in [5.41, 5.74) is 4.24. The fourth-order valence-electron chi connectivity index (χ4n) is 3.62. The zero-order chi connectivity index (χ0) is 17.8. The van der Waals surface area contributed by atoms with Crippen molar-refractivity contribution in [2.24, 2.45) is 0 Å². The monoisotopic (exact) mass is 347 g/mol. The minimum Gasteiger partial charge on any atom is -0.382 e. The van der Waals surface area contributed by atoms with Gasteiger partial charge in [0.05, 0.1) is 17.9 Å². The Morgan fingerprint density at radius 1 is 0.962 bits per heavy atom. The molecule has 4 heteroatoms. The number of rotatable bonds is 6. The van der Waals surface area contributed by atoms with E-state index in [4.69, 9.17) is 0 Å². The van der Waals surface area contributed by atoms with Gasteiger partial charge in [0.1, 0.15) is 6.10 Å². The average Bonchev–Trinajstić information content (AvgIpc) is 3.12. The molecule has 26 heavy (non-hydrogen) atoms. The molecule has 1 N–H and O–H groups in total. The third-order valence-corrected chi connectivity index (χ3v) is 5.07. The highest BCUT2D eigenvalue weighted by atomic mass is 16.3. The van der Waals surface area contributed by atoms with Gasteiger partial charge in [0, 0.05) is 13.1 Å². The second kappa shape index (κ2) is 7.85.